The van der Waals surface area contributed by atoms with E-state index in [1.165, 1.54) is 12.1 Å². The number of aryl methyl sites for hydroxylation is 1. The van der Waals surface area contributed by atoms with Gasteiger partial charge in [-0.25, -0.2) is 4.79 Å². The summed E-state index contributed by atoms with van der Waals surface area (Å²) in [6.07, 6.45) is -3.27. The van der Waals surface area contributed by atoms with Gasteiger partial charge in [0.05, 0.1) is 49.3 Å². The third-order valence-corrected chi connectivity index (χ3v) is 7.25. The highest BCUT2D eigenvalue weighted by molar-refractivity contribution is 7.81. The summed E-state index contributed by atoms with van der Waals surface area (Å²) in [5.41, 5.74) is -1.43. The van der Waals surface area contributed by atoms with Crippen LogP contribution in [-0.4, -0.2) is 68.0 Å². The van der Waals surface area contributed by atoms with E-state index in [1.54, 1.807) is 37.8 Å². The fraction of sp³-hybridized carbons (Fsp3) is 0.452. The van der Waals surface area contributed by atoms with Gasteiger partial charge in [0.2, 0.25) is 5.91 Å². The molecular formula is C31H35F3N4O6S. The molecule has 2 aromatic rings. The van der Waals surface area contributed by atoms with Gasteiger partial charge in [0, 0.05) is 18.7 Å². The zero-order valence-electron chi connectivity index (χ0n) is 25.2. The Balaban J connectivity index is 1.49. The van der Waals surface area contributed by atoms with Gasteiger partial charge >= 0.3 is 12.1 Å². The molecule has 242 valence electrons. The number of carbonyl (C=O) groups excluding carboxylic acids is 3. The number of anilines is 2. The molecule has 0 radical (unpaired) electrons. The number of nitrogens with one attached hydrogen (secondary N) is 1. The average molecular weight is 649 g/mol. The summed E-state index contributed by atoms with van der Waals surface area (Å²) in [5, 5.41) is 11.9. The van der Waals surface area contributed by atoms with Crippen LogP contribution in [0.5, 0.6) is 0 Å². The maximum absolute atomic E-state index is 13.6. The van der Waals surface area contributed by atoms with Crippen LogP contribution in [-0.2, 0) is 41.2 Å². The molecule has 0 unspecified atom stereocenters. The predicted octanol–water partition coefficient (Wildman–Crippen LogP) is 4.53. The monoisotopic (exact) mass is 648 g/mol. The number of esters is 1. The van der Waals surface area contributed by atoms with E-state index in [-0.39, 0.29) is 36.5 Å². The van der Waals surface area contributed by atoms with Crippen LogP contribution in [0.1, 0.15) is 50.3 Å². The van der Waals surface area contributed by atoms with Gasteiger partial charge in [-0.15, -0.1) is 0 Å². The second kappa shape index (κ2) is 15.8. The van der Waals surface area contributed by atoms with Gasteiger partial charge < -0.3 is 24.4 Å². The van der Waals surface area contributed by atoms with Gasteiger partial charge in [-0.05, 0) is 81.7 Å². The number of rotatable bonds is 15. The molecule has 1 saturated heterocycles. The summed E-state index contributed by atoms with van der Waals surface area (Å²) in [4.78, 5) is 39.3. The van der Waals surface area contributed by atoms with Crippen LogP contribution >= 0.6 is 12.2 Å². The SMILES string of the molecule is CCOC(=O)COCCOCCNC(=O)CCCc1ccc(N2C(=S)N(c3ccc(C#N)c(C(F)(F)F)c3)C(=O)C2(C)C)cc1. The van der Waals surface area contributed by atoms with Crippen LogP contribution in [0, 0.1) is 11.3 Å². The number of nitrogens with zero attached hydrogens (tertiary/aromatic N) is 3. The van der Waals surface area contributed by atoms with Crippen LogP contribution in [0.15, 0.2) is 42.5 Å². The molecule has 2 aromatic carbocycles. The maximum atomic E-state index is 13.6. The van der Waals surface area contributed by atoms with Crippen LogP contribution in [0.25, 0.3) is 0 Å². The van der Waals surface area contributed by atoms with Crippen molar-refractivity contribution in [3.63, 3.8) is 0 Å². The Morgan fingerprint density at radius 2 is 1.71 bits per heavy atom. The highest BCUT2D eigenvalue weighted by Crippen LogP contribution is 2.39. The lowest BCUT2D eigenvalue weighted by Crippen LogP contribution is -2.44. The molecule has 0 spiro atoms. The van der Waals surface area contributed by atoms with E-state index in [1.807, 2.05) is 12.1 Å². The van der Waals surface area contributed by atoms with Crippen molar-refractivity contribution in [3.8, 4) is 6.07 Å². The summed E-state index contributed by atoms with van der Waals surface area (Å²) < 4.78 is 55.9. The highest BCUT2D eigenvalue weighted by atomic mass is 32.1. The highest BCUT2D eigenvalue weighted by Gasteiger charge is 2.50. The van der Waals surface area contributed by atoms with Crippen LogP contribution in [0.2, 0.25) is 0 Å². The molecule has 0 atom stereocenters. The van der Waals surface area contributed by atoms with Gasteiger partial charge in [0.25, 0.3) is 5.91 Å². The number of nitriles is 1. The predicted molar refractivity (Wildman–Crippen MR) is 163 cm³/mol. The quantitative estimate of drug-likeness (QED) is 0.169. The van der Waals surface area contributed by atoms with E-state index in [0.29, 0.717) is 44.7 Å². The smallest absolute Gasteiger partial charge is 0.417 e. The summed E-state index contributed by atoms with van der Waals surface area (Å²) in [7, 11) is 0. The number of thiocarbonyl (C=S) groups is 1. The number of amides is 2. The molecule has 1 N–H and O–H groups in total. The Hall–Kier alpha value is -4.06. The van der Waals surface area contributed by atoms with E-state index in [0.717, 1.165) is 22.6 Å². The fourth-order valence-corrected chi connectivity index (χ4v) is 5.18. The van der Waals surface area contributed by atoms with Crippen molar-refractivity contribution in [2.45, 2.75) is 51.7 Å². The Labute approximate surface area is 265 Å². The largest absolute Gasteiger partial charge is 0.464 e. The summed E-state index contributed by atoms with van der Waals surface area (Å²) >= 11 is 5.58. The third kappa shape index (κ3) is 9.23. The van der Waals surface area contributed by atoms with Crippen molar-refractivity contribution in [1.82, 2.24) is 5.32 Å². The Bertz CT molecular complexity index is 1430. The fourth-order valence-electron chi connectivity index (χ4n) is 4.65. The summed E-state index contributed by atoms with van der Waals surface area (Å²) in [6, 6.07) is 11.8. The maximum Gasteiger partial charge on any atom is 0.417 e. The molecule has 0 aromatic heterocycles. The van der Waals surface area contributed by atoms with E-state index in [9.17, 15) is 27.6 Å². The van der Waals surface area contributed by atoms with E-state index in [4.69, 9.17) is 31.7 Å². The van der Waals surface area contributed by atoms with E-state index in [2.05, 4.69) is 5.32 Å². The van der Waals surface area contributed by atoms with Crippen molar-refractivity contribution >= 4 is 46.5 Å². The molecule has 0 saturated carbocycles. The van der Waals surface area contributed by atoms with E-state index < -0.39 is 34.7 Å². The molecule has 1 heterocycles. The Morgan fingerprint density at radius 1 is 1.04 bits per heavy atom. The number of benzene rings is 2. The van der Waals surface area contributed by atoms with Crippen molar-refractivity contribution < 1.29 is 41.8 Å². The number of hydrogen-bond donors (Lipinski definition) is 1. The zero-order chi connectivity index (χ0) is 33.2. The average Bonchev–Trinajstić information content (AvgIpc) is 3.16. The standard InChI is InChI=1S/C31H35F3N4O6S/c1-4-44-27(40)20-43-17-16-42-15-14-36-26(39)7-5-6-21-8-11-23(12-9-21)38-29(45)37(28(41)30(38,2)3)24-13-10-22(19-35)25(18-24)31(32,33)34/h8-13,18H,4-7,14-17,20H2,1-3H3,(H,36,39). The normalized spacial score (nSPS) is 14.4. The van der Waals surface area contributed by atoms with Crippen molar-refractivity contribution in [3.05, 3.63) is 59.2 Å². The minimum Gasteiger partial charge on any atom is -0.464 e. The number of carbonyl (C=O) groups is 3. The number of ether oxygens (including phenoxy) is 3. The number of halogens is 3. The first-order valence-corrected chi connectivity index (χ1v) is 14.7. The number of hydrogen-bond acceptors (Lipinski definition) is 8. The third-order valence-electron chi connectivity index (χ3n) is 6.88. The second-order valence-corrected chi connectivity index (χ2v) is 10.9. The van der Waals surface area contributed by atoms with Crippen LogP contribution in [0.3, 0.4) is 0 Å². The van der Waals surface area contributed by atoms with Gasteiger partial charge in [0.1, 0.15) is 12.1 Å². The lowest BCUT2D eigenvalue weighted by Gasteiger charge is -2.29. The first-order valence-electron chi connectivity index (χ1n) is 14.3. The van der Waals surface area contributed by atoms with Crippen molar-refractivity contribution in [2.75, 3.05) is 49.4 Å². The molecule has 1 aliphatic heterocycles. The summed E-state index contributed by atoms with van der Waals surface area (Å²) in [6.45, 7) is 6.31. The molecule has 0 aliphatic carbocycles. The molecule has 45 heavy (non-hydrogen) atoms. The van der Waals surface area contributed by atoms with Gasteiger partial charge in [-0.3, -0.25) is 14.5 Å². The molecule has 1 aliphatic rings. The van der Waals surface area contributed by atoms with Crippen molar-refractivity contribution in [1.29, 1.82) is 5.26 Å². The number of alkyl halides is 3. The lowest BCUT2D eigenvalue weighted by molar-refractivity contribution is -0.149. The molecule has 3 rings (SSSR count). The minimum atomic E-state index is -4.78. The minimum absolute atomic E-state index is 0.0143. The first kappa shape index (κ1) is 35.4. The topological polar surface area (TPSA) is 121 Å². The lowest BCUT2D eigenvalue weighted by atomic mass is 10.0. The van der Waals surface area contributed by atoms with Crippen molar-refractivity contribution in [2.24, 2.45) is 0 Å². The second-order valence-electron chi connectivity index (χ2n) is 10.5. The molecule has 1 fully saturated rings. The molecule has 0 bridgehead atoms. The van der Waals surface area contributed by atoms with Crippen LogP contribution in [0.4, 0.5) is 24.5 Å². The van der Waals surface area contributed by atoms with Crippen LogP contribution < -0.4 is 15.1 Å². The van der Waals surface area contributed by atoms with Gasteiger partial charge in [0.15, 0.2) is 5.11 Å². The molecule has 14 heteroatoms. The van der Waals surface area contributed by atoms with E-state index >= 15 is 0 Å². The van der Waals surface area contributed by atoms with Gasteiger partial charge in [-0.2, -0.15) is 18.4 Å². The Kier molecular flexibility index (Phi) is 12.4. The summed E-state index contributed by atoms with van der Waals surface area (Å²) in [5.74, 6) is -1.06. The van der Waals surface area contributed by atoms with Gasteiger partial charge in [-0.1, -0.05) is 12.1 Å². The molecule has 2 amide bonds. The molecular weight excluding hydrogens is 613 g/mol. The Morgan fingerprint density at radius 3 is 2.36 bits per heavy atom. The first-order chi connectivity index (χ1) is 21.3. The zero-order valence-corrected chi connectivity index (χ0v) is 26.1. The molecule has 10 nitrogen and oxygen atoms in total.